The van der Waals surface area contributed by atoms with Crippen LogP contribution in [0.25, 0.3) is 0 Å². The fourth-order valence-electron chi connectivity index (χ4n) is 2.29. The summed E-state index contributed by atoms with van der Waals surface area (Å²) < 4.78 is 26.3. The Morgan fingerprint density at radius 3 is 2.38 bits per heavy atom. The van der Waals surface area contributed by atoms with E-state index >= 15 is 0 Å². The van der Waals surface area contributed by atoms with Crippen molar-refractivity contribution in [1.29, 1.82) is 0 Å². The molecule has 0 aliphatic rings. The summed E-state index contributed by atoms with van der Waals surface area (Å²) in [4.78, 5) is 20.5. The maximum Gasteiger partial charge on any atom is 0.267 e. The number of aryl methyl sites for hydroxylation is 2. The number of carbonyl (C=O) groups is 1. The first-order valence-electron chi connectivity index (χ1n) is 7.92. The van der Waals surface area contributed by atoms with Gasteiger partial charge in [0.05, 0.1) is 10.5 Å². The third-order valence-corrected chi connectivity index (χ3v) is 5.46. The fraction of sp³-hybridized carbons (Fsp3) is 0.167. The Hall–Kier alpha value is -3.00. The lowest BCUT2D eigenvalue weighted by molar-refractivity contribution is 0.0951. The number of amides is 1. The molecule has 0 aliphatic heterocycles. The quantitative estimate of drug-likeness (QED) is 0.742. The number of aromatic nitrogens is 3. The fourth-order valence-corrected chi connectivity index (χ4v) is 3.48. The molecule has 0 aliphatic carbocycles. The van der Waals surface area contributed by atoms with Gasteiger partial charge < -0.3 is 5.32 Å². The van der Waals surface area contributed by atoms with Gasteiger partial charge in [0.1, 0.15) is 5.82 Å². The van der Waals surface area contributed by atoms with E-state index in [2.05, 4.69) is 15.3 Å². The first kappa shape index (κ1) is 17.8. The SMILES string of the molecule is Cc1ccc(S(=O)(=O)n2ccc(C(=O)NCc3cnc(C)nc3)c2)cc1. The lowest BCUT2D eigenvalue weighted by Gasteiger charge is -2.06. The van der Waals surface area contributed by atoms with Gasteiger partial charge in [0.2, 0.25) is 0 Å². The molecule has 1 amide bonds. The van der Waals surface area contributed by atoms with Crippen LogP contribution in [0, 0.1) is 13.8 Å². The van der Waals surface area contributed by atoms with Crippen LogP contribution in [-0.2, 0) is 16.6 Å². The summed E-state index contributed by atoms with van der Waals surface area (Å²) in [5, 5.41) is 2.72. The van der Waals surface area contributed by atoms with E-state index in [-0.39, 0.29) is 22.9 Å². The lowest BCUT2D eigenvalue weighted by atomic mass is 10.2. The Kier molecular flexibility index (Phi) is 4.85. The Morgan fingerprint density at radius 1 is 1.08 bits per heavy atom. The van der Waals surface area contributed by atoms with Gasteiger partial charge in [-0.3, -0.25) is 4.79 Å². The van der Waals surface area contributed by atoms with Crippen LogP contribution < -0.4 is 5.32 Å². The number of rotatable bonds is 5. The van der Waals surface area contributed by atoms with E-state index in [1.807, 2.05) is 6.92 Å². The van der Waals surface area contributed by atoms with Gasteiger partial charge in [-0.15, -0.1) is 0 Å². The van der Waals surface area contributed by atoms with Crippen molar-refractivity contribution in [3.8, 4) is 0 Å². The number of nitrogens with zero attached hydrogens (tertiary/aromatic N) is 3. The van der Waals surface area contributed by atoms with E-state index < -0.39 is 10.0 Å². The lowest BCUT2D eigenvalue weighted by Crippen LogP contribution is -2.22. The second-order valence-electron chi connectivity index (χ2n) is 5.87. The molecule has 0 bridgehead atoms. The van der Waals surface area contributed by atoms with Gasteiger partial charge in [0.25, 0.3) is 15.9 Å². The minimum atomic E-state index is -3.72. The van der Waals surface area contributed by atoms with Crippen molar-refractivity contribution in [1.82, 2.24) is 19.3 Å². The highest BCUT2D eigenvalue weighted by Gasteiger charge is 2.18. The summed E-state index contributed by atoms with van der Waals surface area (Å²) in [7, 11) is -3.72. The van der Waals surface area contributed by atoms with Crippen molar-refractivity contribution >= 4 is 15.9 Å². The molecule has 0 unspecified atom stereocenters. The predicted octanol–water partition coefficient (Wildman–Crippen LogP) is 2.06. The molecule has 0 radical (unpaired) electrons. The van der Waals surface area contributed by atoms with E-state index in [0.29, 0.717) is 5.82 Å². The predicted molar refractivity (Wildman–Crippen MR) is 96.1 cm³/mol. The molecular weight excluding hydrogens is 352 g/mol. The number of nitrogens with one attached hydrogen (secondary N) is 1. The number of benzene rings is 1. The highest BCUT2D eigenvalue weighted by Crippen LogP contribution is 2.16. The maximum atomic E-state index is 12.6. The van der Waals surface area contributed by atoms with Gasteiger partial charge in [0, 0.05) is 36.9 Å². The monoisotopic (exact) mass is 370 g/mol. The summed E-state index contributed by atoms with van der Waals surface area (Å²) in [6, 6.07) is 8.01. The van der Waals surface area contributed by atoms with E-state index in [4.69, 9.17) is 0 Å². The van der Waals surface area contributed by atoms with Crippen molar-refractivity contribution in [2.24, 2.45) is 0 Å². The van der Waals surface area contributed by atoms with Gasteiger partial charge in [-0.1, -0.05) is 17.7 Å². The zero-order valence-corrected chi connectivity index (χ0v) is 15.2. The Morgan fingerprint density at radius 2 is 1.73 bits per heavy atom. The van der Waals surface area contributed by atoms with Crippen molar-refractivity contribution < 1.29 is 13.2 Å². The first-order valence-corrected chi connectivity index (χ1v) is 9.36. The molecule has 0 fully saturated rings. The number of hydrogen-bond acceptors (Lipinski definition) is 5. The average Bonchev–Trinajstić information content (AvgIpc) is 3.12. The van der Waals surface area contributed by atoms with Crippen LogP contribution in [0.3, 0.4) is 0 Å². The molecule has 0 saturated heterocycles. The van der Waals surface area contributed by atoms with Crippen LogP contribution in [0.4, 0.5) is 0 Å². The maximum absolute atomic E-state index is 12.6. The van der Waals surface area contributed by atoms with Crippen LogP contribution in [0.15, 0.2) is 60.0 Å². The molecule has 3 aromatic rings. The van der Waals surface area contributed by atoms with Crippen LogP contribution in [-0.4, -0.2) is 28.3 Å². The molecule has 2 heterocycles. The van der Waals surface area contributed by atoms with E-state index in [9.17, 15) is 13.2 Å². The van der Waals surface area contributed by atoms with Gasteiger partial charge in [-0.2, -0.15) is 0 Å². The molecule has 2 aromatic heterocycles. The zero-order valence-electron chi connectivity index (χ0n) is 14.4. The molecule has 7 nitrogen and oxygen atoms in total. The first-order chi connectivity index (χ1) is 12.4. The highest BCUT2D eigenvalue weighted by molar-refractivity contribution is 7.90. The summed E-state index contributed by atoms with van der Waals surface area (Å²) in [6.45, 7) is 3.92. The zero-order chi connectivity index (χ0) is 18.7. The molecule has 3 rings (SSSR count). The second-order valence-corrected chi connectivity index (χ2v) is 7.71. The topological polar surface area (TPSA) is 94.0 Å². The van der Waals surface area contributed by atoms with Crippen molar-refractivity contribution in [2.45, 2.75) is 25.3 Å². The van der Waals surface area contributed by atoms with Gasteiger partial charge in [0.15, 0.2) is 0 Å². The molecular formula is C18H18N4O3S. The van der Waals surface area contributed by atoms with E-state index in [1.165, 1.54) is 18.5 Å². The van der Waals surface area contributed by atoms with Crippen LogP contribution in [0.2, 0.25) is 0 Å². The van der Waals surface area contributed by atoms with Crippen molar-refractivity contribution in [3.05, 3.63) is 77.6 Å². The molecule has 0 saturated carbocycles. The van der Waals surface area contributed by atoms with Gasteiger partial charge >= 0.3 is 0 Å². The van der Waals surface area contributed by atoms with E-state index in [0.717, 1.165) is 15.1 Å². The summed E-state index contributed by atoms with van der Waals surface area (Å²) in [6.07, 6.45) is 5.93. The Labute approximate surface area is 151 Å². The molecule has 8 heteroatoms. The average molecular weight is 370 g/mol. The van der Waals surface area contributed by atoms with Crippen molar-refractivity contribution in [2.75, 3.05) is 0 Å². The van der Waals surface area contributed by atoms with E-state index in [1.54, 1.807) is 43.6 Å². The van der Waals surface area contributed by atoms with Crippen LogP contribution >= 0.6 is 0 Å². The summed E-state index contributed by atoms with van der Waals surface area (Å²) in [5.74, 6) is 0.280. The highest BCUT2D eigenvalue weighted by atomic mass is 32.2. The third kappa shape index (κ3) is 3.80. The molecule has 0 atom stereocenters. The summed E-state index contributed by atoms with van der Waals surface area (Å²) in [5.41, 5.74) is 1.99. The van der Waals surface area contributed by atoms with Crippen molar-refractivity contribution in [3.63, 3.8) is 0 Å². The molecule has 0 spiro atoms. The largest absolute Gasteiger partial charge is 0.348 e. The Balaban J connectivity index is 1.73. The van der Waals surface area contributed by atoms with Gasteiger partial charge in [-0.25, -0.2) is 22.4 Å². The molecule has 26 heavy (non-hydrogen) atoms. The van der Waals surface area contributed by atoms with Crippen LogP contribution in [0.5, 0.6) is 0 Å². The normalized spacial score (nSPS) is 11.3. The van der Waals surface area contributed by atoms with Crippen LogP contribution in [0.1, 0.15) is 27.3 Å². The number of carbonyl (C=O) groups excluding carboxylic acids is 1. The molecule has 1 aromatic carbocycles. The standard InChI is InChI=1S/C18H18N4O3S/c1-13-3-5-17(6-4-13)26(24,25)22-8-7-16(12-22)18(23)21-11-15-9-19-14(2)20-10-15/h3-10,12H,11H2,1-2H3,(H,21,23). The van der Waals surface area contributed by atoms with Gasteiger partial charge in [-0.05, 0) is 32.0 Å². The summed E-state index contributed by atoms with van der Waals surface area (Å²) >= 11 is 0. The molecule has 1 N–H and O–H groups in total. The minimum absolute atomic E-state index is 0.169. The Bertz CT molecular complexity index is 1020. The minimum Gasteiger partial charge on any atom is -0.348 e. The smallest absolute Gasteiger partial charge is 0.267 e. The molecule has 134 valence electrons. The second kappa shape index (κ2) is 7.09. The number of hydrogen-bond donors (Lipinski definition) is 1. The third-order valence-electron chi connectivity index (χ3n) is 3.81.